The standard InChI is InChI=1S/C10H16N2.C10H15NO/c1-8-6-7-9(10(2,3)4)11-12(8)5;1-10(2,3)8-5-6-9(12)11(4)7-8/h6-7H,1H2,2-5H3;5-7H,1-4H3. The molecule has 2 rings (SSSR count). The summed E-state index contributed by atoms with van der Waals surface area (Å²) in [6.45, 7) is 16.7. The zero-order chi connectivity index (χ0) is 18.7. The first-order valence-electron chi connectivity index (χ1n) is 8.19. The van der Waals surface area contributed by atoms with Crippen molar-refractivity contribution in [1.29, 1.82) is 0 Å². The van der Waals surface area contributed by atoms with E-state index in [-0.39, 0.29) is 16.4 Å². The van der Waals surface area contributed by atoms with E-state index < -0.39 is 0 Å². The summed E-state index contributed by atoms with van der Waals surface area (Å²) in [7, 11) is 3.69. The second kappa shape index (κ2) is 7.20. The van der Waals surface area contributed by atoms with Gasteiger partial charge in [-0.05, 0) is 23.1 Å². The molecule has 24 heavy (non-hydrogen) atoms. The van der Waals surface area contributed by atoms with E-state index in [0.29, 0.717) is 0 Å². The highest BCUT2D eigenvalue weighted by atomic mass is 16.1. The average molecular weight is 329 g/mol. The third kappa shape index (κ3) is 5.52. The Morgan fingerprint density at radius 1 is 0.958 bits per heavy atom. The van der Waals surface area contributed by atoms with Gasteiger partial charge in [0.05, 0.1) is 11.4 Å². The molecule has 0 unspecified atom stereocenters. The van der Waals surface area contributed by atoms with Crippen LogP contribution in [0.3, 0.4) is 0 Å². The van der Waals surface area contributed by atoms with Gasteiger partial charge in [0.25, 0.3) is 0 Å². The van der Waals surface area contributed by atoms with Crippen LogP contribution in [0.1, 0.15) is 47.1 Å². The van der Waals surface area contributed by atoms with Gasteiger partial charge in [0, 0.05) is 31.8 Å². The average Bonchev–Trinajstić information content (AvgIpc) is 2.43. The van der Waals surface area contributed by atoms with Gasteiger partial charge in [-0.25, -0.2) is 0 Å². The molecule has 0 radical (unpaired) electrons. The monoisotopic (exact) mass is 329 g/mol. The Kier molecular flexibility index (Phi) is 5.99. The van der Waals surface area contributed by atoms with Gasteiger partial charge >= 0.3 is 0 Å². The van der Waals surface area contributed by atoms with Crippen LogP contribution in [0.5, 0.6) is 0 Å². The van der Waals surface area contributed by atoms with Crippen molar-refractivity contribution >= 4 is 5.71 Å². The van der Waals surface area contributed by atoms with Gasteiger partial charge in [-0.3, -0.25) is 9.80 Å². The molecule has 0 N–H and O–H groups in total. The first-order chi connectivity index (χ1) is 10.8. The van der Waals surface area contributed by atoms with E-state index in [1.807, 2.05) is 31.5 Å². The SMILES string of the molecule is C=C1C=CC(C(C)(C)C)=NN1C.Cn1cc(C(C)(C)C)ccc1=O. The van der Waals surface area contributed by atoms with Crippen LogP contribution in [0.25, 0.3) is 0 Å². The number of aromatic nitrogens is 1. The highest BCUT2D eigenvalue weighted by Gasteiger charge is 2.19. The molecular weight excluding hydrogens is 298 g/mol. The third-order valence-corrected chi connectivity index (χ3v) is 3.83. The maximum atomic E-state index is 11.1. The predicted octanol–water partition coefficient (Wildman–Crippen LogP) is 4.09. The summed E-state index contributed by atoms with van der Waals surface area (Å²) in [5.74, 6) is 0. The molecule has 4 heteroatoms. The lowest BCUT2D eigenvalue weighted by atomic mass is 9.88. The molecule has 1 aromatic rings. The normalized spacial score (nSPS) is 14.9. The number of rotatable bonds is 0. The van der Waals surface area contributed by atoms with E-state index in [9.17, 15) is 4.79 Å². The summed E-state index contributed by atoms with van der Waals surface area (Å²) >= 11 is 0. The Morgan fingerprint density at radius 2 is 1.54 bits per heavy atom. The number of aryl methyl sites for hydroxylation is 1. The fraction of sp³-hybridized carbons (Fsp3) is 0.500. The molecule has 0 spiro atoms. The Balaban J connectivity index is 0.000000240. The van der Waals surface area contributed by atoms with Crippen molar-refractivity contribution in [2.75, 3.05) is 7.05 Å². The maximum absolute atomic E-state index is 11.1. The van der Waals surface area contributed by atoms with Gasteiger partial charge in [-0.15, -0.1) is 0 Å². The van der Waals surface area contributed by atoms with Gasteiger partial charge < -0.3 is 4.57 Å². The minimum atomic E-state index is 0.0444. The molecular formula is C20H31N3O. The lowest BCUT2D eigenvalue weighted by molar-refractivity contribution is 0.443. The smallest absolute Gasteiger partial charge is 0.250 e. The minimum Gasteiger partial charge on any atom is -0.318 e. The summed E-state index contributed by atoms with van der Waals surface area (Å²) in [4.78, 5) is 11.1. The van der Waals surface area contributed by atoms with Crippen molar-refractivity contribution < 1.29 is 0 Å². The van der Waals surface area contributed by atoms with Crippen molar-refractivity contribution in [2.45, 2.75) is 47.0 Å². The van der Waals surface area contributed by atoms with E-state index in [1.165, 1.54) is 5.56 Å². The summed E-state index contributed by atoms with van der Waals surface area (Å²) in [6, 6.07) is 3.50. The Hall–Kier alpha value is -2.10. The van der Waals surface area contributed by atoms with Crippen LogP contribution in [-0.4, -0.2) is 22.3 Å². The number of hydrogen-bond donors (Lipinski definition) is 0. The first-order valence-corrected chi connectivity index (χ1v) is 8.19. The van der Waals surface area contributed by atoms with Crippen molar-refractivity contribution in [3.05, 3.63) is 58.7 Å². The molecule has 0 amide bonds. The van der Waals surface area contributed by atoms with Gasteiger partial charge in [-0.2, -0.15) is 5.10 Å². The molecule has 0 aromatic carbocycles. The highest BCUT2D eigenvalue weighted by molar-refractivity contribution is 5.99. The Labute approximate surface area is 146 Å². The molecule has 0 saturated heterocycles. The summed E-state index contributed by atoms with van der Waals surface area (Å²) < 4.78 is 1.61. The van der Waals surface area contributed by atoms with Crippen molar-refractivity contribution in [3.63, 3.8) is 0 Å². The summed E-state index contributed by atoms with van der Waals surface area (Å²) in [6.07, 6.45) is 5.91. The van der Waals surface area contributed by atoms with Crippen LogP contribution in [0.4, 0.5) is 0 Å². The van der Waals surface area contributed by atoms with E-state index >= 15 is 0 Å². The number of likely N-dealkylation sites (N-methyl/N-ethyl adjacent to an activating group) is 1. The molecule has 1 aliphatic heterocycles. The van der Waals surface area contributed by atoms with Crippen LogP contribution >= 0.6 is 0 Å². The molecule has 1 aromatic heterocycles. The fourth-order valence-electron chi connectivity index (χ4n) is 1.98. The second-order valence-electron chi connectivity index (χ2n) is 8.20. The first kappa shape index (κ1) is 19.9. The lowest BCUT2D eigenvalue weighted by Gasteiger charge is -2.25. The minimum absolute atomic E-state index is 0.0444. The largest absolute Gasteiger partial charge is 0.318 e. The molecule has 4 nitrogen and oxygen atoms in total. The van der Waals surface area contributed by atoms with Gasteiger partial charge in [0.15, 0.2) is 0 Å². The van der Waals surface area contributed by atoms with Gasteiger partial charge in [-0.1, -0.05) is 54.2 Å². The Morgan fingerprint density at radius 3 is 1.96 bits per heavy atom. The van der Waals surface area contributed by atoms with Crippen LogP contribution < -0.4 is 5.56 Å². The van der Waals surface area contributed by atoms with Crippen molar-refractivity contribution in [2.24, 2.45) is 17.6 Å². The zero-order valence-corrected chi connectivity index (χ0v) is 16.3. The van der Waals surface area contributed by atoms with Gasteiger partial charge in [0.2, 0.25) is 5.56 Å². The van der Waals surface area contributed by atoms with Crippen LogP contribution in [0.2, 0.25) is 0 Å². The number of pyridine rings is 1. The Bertz CT molecular complexity index is 710. The molecule has 0 saturated carbocycles. The predicted molar refractivity (Wildman–Crippen MR) is 103 cm³/mol. The number of hydrogen-bond acceptors (Lipinski definition) is 3. The third-order valence-electron chi connectivity index (χ3n) is 3.83. The van der Waals surface area contributed by atoms with Gasteiger partial charge in [0.1, 0.15) is 0 Å². The maximum Gasteiger partial charge on any atom is 0.250 e. The molecule has 0 aliphatic carbocycles. The molecule has 2 heterocycles. The number of nitrogens with zero attached hydrogens (tertiary/aromatic N) is 3. The fourth-order valence-corrected chi connectivity index (χ4v) is 1.98. The topological polar surface area (TPSA) is 37.6 Å². The molecule has 0 fully saturated rings. The molecule has 0 bridgehead atoms. The van der Waals surface area contributed by atoms with Crippen molar-refractivity contribution in [1.82, 2.24) is 9.58 Å². The second-order valence-corrected chi connectivity index (χ2v) is 8.20. The number of hydrazone groups is 1. The van der Waals surface area contributed by atoms with Crippen LogP contribution in [0.15, 0.2) is 52.7 Å². The molecule has 132 valence electrons. The summed E-state index contributed by atoms with van der Waals surface area (Å²) in [5, 5.41) is 6.20. The lowest BCUT2D eigenvalue weighted by Crippen LogP contribution is -2.25. The molecule has 0 atom stereocenters. The van der Waals surface area contributed by atoms with E-state index in [1.54, 1.807) is 22.7 Å². The quantitative estimate of drug-likeness (QED) is 0.719. The molecule has 1 aliphatic rings. The number of allylic oxidation sites excluding steroid dienone is 2. The summed E-state index contributed by atoms with van der Waals surface area (Å²) in [5.41, 5.74) is 3.49. The van der Waals surface area contributed by atoms with Crippen LogP contribution in [-0.2, 0) is 12.5 Å². The van der Waals surface area contributed by atoms with Crippen molar-refractivity contribution in [3.8, 4) is 0 Å². The van der Waals surface area contributed by atoms with E-state index in [0.717, 1.165) is 11.4 Å². The van der Waals surface area contributed by atoms with E-state index in [2.05, 4.69) is 53.2 Å². The zero-order valence-electron chi connectivity index (χ0n) is 16.3. The van der Waals surface area contributed by atoms with Crippen LogP contribution in [0, 0.1) is 5.41 Å². The highest BCUT2D eigenvalue weighted by Crippen LogP contribution is 2.21. The van der Waals surface area contributed by atoms with E-state index in [4.69, 9.17) is 0 Å².